The van der Waals surface area contributed by atoms with E-state index in [0.29, 0.717) is 11.3 Å². The first kappa shape index (κ1) is 22.4. The summed E-state index contributed by atoms with van der Waals surface area (Å²) in [4.78, 5) is 30.0. The Hall–Kier alpha value is -2.81. The molecular weight excluding hydrogens is 460 g/mol. The second-order valence-corrected chi connectivity index (χ2v) is 9.92. The number of hydrogen-bond acceptors (Lipinski definition) is 7. The number of nitrogens with zero attached hydrogens (tertiary/aromatic N) is 1. The molecular formula is C24H20N2O3S3. The number of aromatic nitrogens is 1. The lowest BCUT2D eigenvalue weighted by Gasteiger charge is -2.08. The molecule has 4 rings (SSSR count). The van der Waals surface area contributed by atoms with Gasteiger partial charge in [0.15, 0.2) is 10.9 Å². The van der Waals surface area contributed by atoms with E-state index >= 15 is 0 Å². The predicted octanol–water partition coefficient (Wildman–Crippen LogP) is 6.11. The van der Waals surface area contributed by atoms with Crippen molar-refractivity contribution in [3.8, 4) is 0 Å². The number of nitrogens with one attached hydrogen (secondary N) is 1. The molecule has 0 aliphatic carbocycles. The molecule has 0 spiro atoms. The molecule has 0 aliphatic rings. The van der Waals surface area contributed by atoms with Crippen LogP contribution in [0.2, 0.25) is 0 Å². The fraction of sp³-hybridized carbons (Fsp3) is 0.125. The van der Waals surface area contributed by atoms with Gasteiger partial charge in [0.1, 0.15) is 0 Å². The standard InChI is InChI=1S/C24H20N2O3S3/c1-30-19-6-4-5-18(13-19)25-22(27)14-29-23(28)17-11-9-16(10-12-17)15-31-24-26-20-7-2-3-8-21(20)32-24/h2-13H,14-15H2,1H3,(H,25,27). The lowest BCUT2D eigenvalue weighted by molar-refractivity contribution is -0.119. The average molecular weight is 481 g/mol. The molecule has 0 bridgehead atoms. The summed E-state index contributed by atoms with van der Waals surface area (Å²) in [6.45, 7) is -0.336. The van der Waals surface area contributed by atoms with Crippen LogP contribution in [-0.2, 0) is 15.3 Å². The van der Waals surface area contributed by atoms with Gasteiger partial charge in [0, 0.05) is 16.3 Å². The van der Waals surface area contributed by atoms with Crippen LogP contribution < -0.4 is 5.32 Å². The highest BCUT2D eigenvalue weighted by Crippen LogP contribution is 2.31. The first-order valence-corrected chi connectivity index (χ1v) is 12.8. The van der Waals surface area contributed by atoms with E-state index < -0.39 is 5.97 Å². The topological polar surface area (TPSA) is 68.3 Å². The van der Waals surface area contributed by atoms with Crippen molar-refractivity contribution in [2.24, 2.45) is 0 Å². The van der Waals surface area contributed by atoms with Crippen LogP contribution in [0.25, 0.3) is 10.2 Å². The zero-order valence-electron chi connectivity index (χ0n) is 17.2. The maximum absolute atomic E-state index is 12.3. The minimum absolute atomic E-state index is 0.336. The Morgan fingerprint density at radius 1 is 1.03 bits per heavy atom. The normalized spacial score (nSPS) is 10.8. The summed E-state index contributed by atoms with van der Waals surface area (Å²) in [5.41, 5.74) is 3.18. The zero-order valence-corrected chi connectivity index (χ0v) is 19.7. The van der Waals surface area contributed by atoms with Gasteiger partial charge in [-0.15, -0.1) is 23.1 Å². The molecule has 4 aromatic rings. The molecule has 1 aromatic heterocycles. The number of thioether (sulfide) groups is 2. The SMILES string of the molecule is CSc1cccc(NC(=O)COC(=O)c2ccc(CSc3nc4ccccc4s3)cc2)c1. The molecule has 1 N–H and O–H groups in total. The van der Waals surface area contributed by atoms with Crippen molar-refractivity contribution in [1.29, 1.82) is 0 Å². The maximum atomic E-state index is 12.3. The van der Waals surface area contributed by atoms with E-state index in [1.165, 1.54) is 4.70 Å². The molecule has 0 saturated heterocycles. The number of carbonyl (C=O) groups is 2. The first-order chi connectivity index (χ1) is 15.6. The number of benzene rings is 3. The summed E-state index contributed by atoms with van der Waals surface area (Å²) in [6, 6.07) is 22.8. The van der Waals surface area contributed by atoms with Crippen LogP contribution >= 0.6 is 34.9 Å². The molecule has 3 aromatic carbocycles. The third-order valence-electron chi connectivity index (χ3n) is 4.51. The number of anilines is 1. The first-order valence-electron chi connectivity index (χ1n) is 9.79. The molecule has 5 nitrogen and oxygen atoms in total. The Labute approximate surface area is 198 Å². The van der Waals surface area contributed by atoms with Crippen LogP contribution in [-0.4, -0.2) is 29.7 Å². The van der Waals surface area contributed by atoms with Crippen molar-refractivity contribution in [1.82, 2.24) is 4.98 Å². The molecule has 1 heterocycles. The van der Waals surface area contributed by atoms with Crippen molar-refractivity contribution < 1.29 is 14.3 Å². The van der Waals surface area contributed by atoms with E-state index in [4.69, 9.17) is 4.74 Å². The smallest absolute Gasteiger partial charge is 0.338 e. The number of carbonyl (C=O) groups excluding carboxylic acids is 2. The van der Waals surface area contributed by atoms with Crippen LogP contribution in [0.15, 0.2) is 82.0 Å². The number of thiazole rings is 1. The number of para-hydroxylation sites is 1. The van der Waals surface area contributed by atoms with Crippen LogP contribution in [0.1, 0.15) is 15.9 Å². The van der Waals surface area contributed by atoms with E-state index in [-0.39, 0.29) is 12.5 Å². The number of rotatable bonds is 8. The minimum atomic E-state index is -0.525. The van der Waals surface area contributed by atoms with Crippen molar-refractivity contribution in [2.75, 3.05) is 18.2 Å². The summed E-state index contributed by atoms with van der Waals surface area (Å²) in [5, 5.41) is 2.74. The number of amides is 1. The molecule has 0 unspecified atom stereocenters. The lowest BCUT2D eigenvalue weighted by atomic mass is 10.1. The highest BCUT2D eigenvalue weighted by Gasteiger charge is 2.11. The van der Waals surface area contributed by atoms with Crippen molar-refractivity contribution in [3.63, 3.8) is 0 Å². The summed E-state index contributed by atoms with van der Waals surface area (Å²) in [6.07, 6.45) is 1.97. The quantitative estimate of drug-likeness (QED) is 0.243. The lowest BCUT2D eigenvalue weighted by Crippen LogP contribution is -2.20. The third-order valence-corrected chi connectivity index (χ3v) is 7.49. The van der Waals surface area contributed by atoms with Crippen molar-refractivity contribution >= 4 is 62.6 Å². The maximum Gasteiger partial charge on any atom is 0.338 e. The second kappa shape index (κ2) is 10.7. The predicted molar refractivity (Wildman–Crippen MR) is 133 cm³/mol. The fourth-order valence-electron chi connectivity index (χ4n) is 2.91. The van der Waals surface area contributed by atoms with Crippen molar-refractivity contribution in [2.45, 2.75) is 15.0 Å². The number of esters is 1. The van der Waals surface area contributed by atoms with Gasteiger partial charge in [0.25, 0.3) is 5.91 Å². The average Bonchev–Trinajstić information content (AvgIpc) is 3.25. The van der Waals surface area contributed by atoms with Crippen molar-refractivity contribution in [3.05, 3.63) is 83.9 Å². The monoisotopic (exact) mass is 480 g/mol. The number of ether oxygens (including phenoxy) is 1. The Morgan fingerprint density at radius 3 is 2.62 bits per heavy atom. The highest BCUT2D eigenvalue weighted by atomic mass is 32.2. The summed E-state index contributed by atoms with van der Waals surface area (Å²) < 4.78 is 7.34. The van der Waals surface area contributed by atoms with Crippen LogP contribution in [0.5, 0.6) is 0 Å². The Bertz CT molecular complexity index is 1210. The Morgan fingerprint density at radius 2 is 1.84 bits per heavy atom. The summed E-state index contributed by atoms with van der Waals surface area (Å²) >= 11 is 4.93. The zero-order chi connectivity index (χ0) is 22.3. The highest BCUT2D eigenvalue weighted by molar-refractivity contribution is 8.00. The van der Waals surface area contributed by atoms with Crippen LogP contribution in [0, 0.1) is 0 Å². The molecule has 0 aliphatic heterocycles. The van der Waals surface area contributed by atoms with Crippen LogP contribution in [0.3, 0.4) is 0 Å². The molecule has 32 heavy (non-hydrogen) atoms. The second-order valence-electron chi connectivity index (χ2n) is 6.79. The van der Waals surface area contributed by atoms with Gasteiger partial charge >= 0.3 is 5.97 Å². The molecule has 162 valence electrons. The number of fused-ring (bicyclic) bond motifs is 1. The van der Waals surface area contributed by atoms with Gasteiger partial charge in [-0.05, 0) is 54.3 Å². The van der Waals surface area contributed by atoms with E-state index in [2.05, 4.69) is 16.4 Å². The fourth-order valence-corrected chi connectivity index (χ4v) is 5.39. The summed E-state index contributed by atoms with van der Waals surface area (Å²) in [5.74, 6) is -0.143. The minimum Gasteiger partial charge on any atom is -0.452 e. The molecule has 0 radical (unpaired) electrons. The summed E-state index contributed by atoms with van der Waals surface area (Å²) in [7, 11) is 0. The number of hydrogen-bond donors (Lipinski definition) is 1. The van der Waals surface area contributed by atoms with Gasteiger partial charge < -0.3 is 10.1 Å². The third kappa shape index (κ3) is 5.91. The molecule has 0 atom stereocenters. The van der Waals surface area contributed by atoms with E-state index in [0.717, 1.165) is 26.1 Å². The largest absolute Gasteiger partial charge is 0.452 e. The van der Waals surface area contributed by atoms with Gasteiger partial charge in [0.2, 0.25) is 0 Å². The molecule has 8 heteroatoms. The van der Waals surface area contributed by atoms with Gasteiger partial charge in [0.05, 0.1) is 15.8 Å². The van der Waals surface area contributed by atoms with E-state index in [1.807, 2.05) is 54.8 Å². The van der Waals surface area contributed by atoms with Crippen LogP contribution in [0.4, 0.5) is 5.69 Å². The van der Waals surface area contributed by atoms with Gasteiger partial charge in [-0.3, -0.25) is 4.79 Å². The van der Waals surface area contributed by atoms with E-state index in [9.17, 15) is 9.59 Å². The van der Waals surface area contributed by atoms with Gasteiger partial charge in [-0.1, -0.05) is 42.1 Å². The Kier molecular flexibility index (Phi) is 7.47. The molecule has 0 fully saturated rings. The van der Waals surface area contributed by atoms with Gasteiger partial charge in [-0.2, -0.15) is 0 Å². The Balaban J connectivity index is 1.26. The molecule has 0 saturated carbocycles. The van der Waals surface area contributed by atoms with E-state index in [1.54, 1.807) is 53.1 Å². The molecule has 1 amide bonds. The van der Waals surface area contributed by atoms with Gasteiger partial charge in [-0.25, -0.2) is 9.78 Å².